The van der Waals surface area contributed by atoms with Gasteiger partial charge in [-0.3, -0.25) is 4.79 Å². The average Bonchev–Trinajstić information content (AvgIpc) is 2.77. The summed E-state index contributed by atoms with van der Waals surface area (Å²) in [6.07, 6.45) is 1.69. The summed E-state index contributed by atoms with van der Waals surface area (Å²) in [5.41, 5.74) is 2.82. The van der Waals surface area contributed by atoms with Gasteiger partial charge in [-0.25, -0.2) is 0 Å². The molecule has 20 heavy (non-hydrogen) atoms. The lowest BCUT2D eigenvalue weighted by atomic mass is 9.86. The third-order valence-electron chi connectivity index (χ3n) is 3.86. The highest BCUT2D eigenvalue weighted by Gasteiger charge is 2.29. The number of carbonyl (C=O) groups is 1. The molecule has 1 aromatic carbocycles. The Morgan fingerprint density at radius 2 is 1.90 bits per heavy atom. The van der Waals surface area contributed by atoms with Crippen LogP contribution in [-0.2, 0) is 16.6 Å². The lowest BCUT2D eigenvalue weighted by Crippen LogP contribution is -2.29. The van der Waals surface area contributed by atoms with Gasteiger partial charge in [-0.1, -0.05) is 45.0 Å². The molecule has 1 aromatic rings. The number of hydrogen-bond acceptors (Lipinski definition) is 2. The van der Waals surface area contributed by atoms with Crippen LogP contribution in [0.1, 0.15) is 38.3 Å². The van der Waals surface area contributed by atoms with Crippen molar-refractivity contribution >= 4 is 18.4 Å². The fourth-order valence-corrected chi connectivity index (χ4v) is 2.63. The van der Waals surface area contributed by atoms with Gasteiger partial charge < -0.3 is 10.4 Å². The fourth-order valence-electron chi connectivity index (χ4n) is 2.63. The molecule has 112 valence electrons. The van der Waals surface area contributed by atoms with Gasteiger partial charge in [-0.15, -0.1) is 12.4 Å². The van der Waals surface area contributed by atoms with Crippen molar-refractivity contribution in [1.82, 2.24) is 5.32 Å². The minimum atomic E-state index is -0.731. The summed E-state index contributed by atoms with van der Waals surface area (Å²) in [6, 6.07) is 8.36. The van der Waals surface area contributed by atoms with Crippen LogP contribution in [-0.4, -0.2) is 23.7 Å². The van der Waals surface area contributed by atoms with E-state index in [0.29, 0.717) is 5.92 Å². The summed E-state index contributed by atoms with van der Waals surface area (Å²) in [4.78, 5) is 10.9. The lowest BCUT2D eigenvalue weighted by Gasteiger charge is -2.19. The standard InChI is InChI=1S/C16H23NO2.ClH/c1-16(2,3)13-6-4-11(5-7-13)8-12-9-14(15(18)19)17-10-12;/h4-7,12,14,17H,8-10H2,1-3H3,(H,18,19);1H. The second kappa shape index (κ2) is 6.59. The zero-order valence-electron chi connectivity index (χ0n) is 12.3. The summed E-state index contributed by atoms with van der Waals surface area (Å²) in [5.74, 6) is -0.299. The summed E-state index contributed by atoms with van der Waals surface area (Å²) < 4.78 is 0. The van der Waals surface area contributed by atoms with Crippen molar-refractivity contribution in [3.8, 4) is 0 Å². The number of nitrogens with one attached hydrogen (secondary N) is 1. The first kappa shape index (κ1) is 17.0. The number of aliphatic carboxylic acids is 1. The SMILES string of the molecule is CC(C)(C)c1ccc(CC2CNC(C(=O)O)C2)cc1.Cl. The van der Waals surface area contributed by atoms with Gasteiger partial charge in [0.25, 0.3) is 0 Å². The Morgan fingerprint density at radius 1 is 1.30 bits per heavy atom. The van der Waals surface area contributed by atoms with Crippen LogP contribution in [0.2, 0.25) is 0 Å². The van der Waals surface area contributed by atoms with E-state index >= 15 is 0 Å². The molecule has 4 heteroatoms. The molecular formula is C16H24ClNO2. The Hall–Kier alpha value is -1.06. The topological polar surface area (TPSA) is 49.3 Å². The molecule has 1 saturated heterocycles. The fraction of sp³-hybridized carbons (Fsp3) is 0.562. The maximum atomic E-state index is 10.9. The molecule has 0 aromatic heterocycles. The molecule has 0 aliphatic carbocycles. The monoisotopic (exact) mass is 297 g/mol. The molecule has 0 radical (unpaired) electrons. The van der Waals surface area contributed by atoms with Crippen molar-refractivity contribution in [3.63, 3.8) is 0 Å². The first-order chi connectivity index (χ1) is 8.86. The second-order valence-electron chi connectivity index (χ2n) is 6.55. The number of carboxylic acids is 1. The number of carboxylic acid groups (broad SMARTS) is 1. The maximum absolute atomic E-state index is 10.9. The molecule has 0 spiro atoms. The number of hydrogen-bond donors (Lipinski definition) is 2. The third kappa shape index (κ3) is 4.22. The molecule has 2 rings (SSSR count). The lowest BCUT2D eigenvalue weighted by molar-refractivity contribution is -0.139. The molecule has 1 aliphatic rings. The van der Waals surface area contributed by atoms with Crippen LogP contribution >= 0.6 is 12.4 Å². The highest BCUT2D eigenvalue weighted by atomic mass is 35.5. The van der Waals surface area contributed by atoms with Crippen molar-refractivity contribution in [2.75, 3.05) is 6.54 Å². The molecule has 2 N–H and O–H groups in total. The molecule has 2 unspecified atom stereocenters. The van der Waals surface area contributed by atoms with Crippen molar-refractivity contribution in [3.05, 3.63) is 35.4 Å². The summed E-state index contributed by atoms with van der Waals surface area (Å²) in [5, 5.41) is 12.0. The summed E-state index contributed by atoms with van der Waals surface area (Å²) in [6.45, 7) is 7.43. The molecule has 1 fully saturated rings. The van der Waals surface area contributed by atoms with Crippen molar-refractivity contribution in [2.45, 2.75) is 45.1 Å². The molecule has 0 saturated carbocycles. The second-order valence-corrected chi connectivity index (χ2v) is 6.55. The van der Waals surface area contributed by atoms with Crippen molar-refractivity contribution in [2.24, 2.45) is 5.92 Å². The van der Waals surface area contributed by atoms with Crippen LogP contribution in [0.4, 0.5) is 0 Å². The van der Waals surface area contributed by atoms with Gasteiger partial charge in [0.2, 0.25) is 0 Å². The number of rotatable bonds is 3. The van der Waals surface area contributed by atoms with E-state index < -0.39 is 5.97 Å². The average molecular weight is 298 g/mol. The Morgan fingerprint density at radius 3 is 2.35 bits per heavy atom. The van der Waals surface area contributed by atoms with E-state index in [1.165, 1.54) is 11.1 Å². The van der Waals surface area contributed by atoms with E-state index in [4.69, 9.17) is 5.11 Å². The zero-order chi connectivity index (χ0) is 14.0. The highest BCUT2D eigenvalue weighted by molar-refractivity contribution is 5.85. The molecule has 0 amide bonds. The minimum Gasteiger partial charge on any atom is -0.480 e. The predicted octanol–water partition coefficient (Wildman–Crippen LogP) is 3.01. The summed E-state index contributed by atoms with van der Waals surface area (Å²) in [7, 11) is 0. The first-order valence-corrected chi connectivity index (χ1v) is 6.92. The molecule has 1 heterocycles. The van der Waals surface area contributed by atoms with E-state index in [9.17, 15) is 4.79 Å². The molecule has 2 atom stereocenters. The van der Waals surface area contributed by atoms with Gasteiger partial charge in [0, 0.05) is 0 Å². The van der Waals surface area contributed by atoms with Gasteiger partial charge in [-0.05, 0) is 41.8 Å². The quantitative estimate of drug-likeness (QED) is 0.902. The smallest absolute Gasteiger partial charge is 0.320 e. The van der Waals surface area contributed by atoms with Crippen molar-refractivity contribution < 1.29 is 9.90 Å². The van der Waals surface area contributed by atoms with E-state index in [1.54, 1.807) is 0 Å². The van der Waals surface area contributed by atoms with Gasteiger partial charge in [0.15, 0.2) is 0 Å². The third-order valence-corrected chi connectivity index (χ3v) is 3.86. The van der Waals surface area contributed by atoms with Crippen LogP contribution in [0.5, 0.6) is 0 Å². The van der Waals surface area contributed by atoms with Crippen molar-refractivity contribution in [1.29, 1.82) is 0 Å². The first-order valence-electron chi connectivity index (χ1n) is 6.92. The Balaban J connectivity index is 0.00000200. The van der Waals surface area contributed by atoms with Crippen LogP contribution in [0, 0.1) is 5.92 Å². The Labute approximate surface area is 127 Å². The minimum absolute atomic E-state index is 0. The largest absolute Gasteiger partial charge is 0.480 e. The maximum Gasteiger partial charge on any atom is 0.320 e. The zero-order valence-corrected chi connectivity index (χ0v) is 13.2. The van der Waals surface area contributed by atoms with Gasteiger partial charge in [-0.2, -0.15) is 0 Å². The number of benzene rings is 1. The van der Waals surface area contributed by atoms with Crippen LogP contribution in [0.15, 0.2) is 24.3 Å². The molecule has 3 nitrogen and oxygen atoms in total. The van der Waals surface area contributed by atoms with E-state index in [1.807, 2.05) is 0 Å². The Bertz CT molecular complexity index is 451. The Kier molecular flexibility index (Phi) is 5.60. The normalized spacial score (nSPS) is 22.4. The number of halogens is 1. The van der Waals surface area contributed by atoms with Gasteiger partial charge in [0.05, 0.1) is 0 Å². The van der Waals surface area contributed by atoms with Gasteiger partial charge in [0.1, 0.15) is 6.04 Å². The highest BCUT2D eigenvalue weighted by Crippen LogP contribution is 2.24. The molecule has 0 bridgehead atoms. The van der Waals surface area contributed by atoms with E-state index in [2.05, 4.69) is 50.4 Å². The summed E-state index contributed by atoms with van der Waals surface area (Å²) >= 11 is 0. The molecule has 1 aliphatic heterocycles. The van der Waals surface area contributed by atoms with Crippen LogP contribution < -0.4 is 5.32 Å². The molecular weight excluding hydrogens is 274 g/mol. The van der Waals surface area contributed by atoms with E-state index in [-0.39, 0.29) is 23.9 Å². The predicted molar refractivity (Wildman–Crippen MR) is 83.6 cm³/mol. The van der Waals surface area contributed by atoms with Crippen LogP contribution in [0.25, 0.3) is 0 Å². The van der Waals surface area contributed by atoms with Crippen LogP contribution in [0.3, 0.4) is 0 Å². The van der Waals surface area contributed by atoms with Gasteiger partial charge >= 0.3 is 5.97 Å². The van der Waals surface area contributed by atoms with E-state index in [0.717, 1.165) is 19.4 Å².